The average molecular weight is 282 g/mol. The Morgan fingerprint density at radius 3 is 2.62 bits per heavy atom. The van der Waals surface area contributed by atoms with Gasteiger partial charge in [-0.25, -0.2) is 4.79 Å². The summed E-state index contributed by atoms with van der Waals surface area (Å²) in [5.41, 5.74) is 3.25. The first-order valence-corrected chi connectivity index (χ1v) is 7.03. The van der Waals surface area contributed by atoms with Crippen LogP contribution in [0, 0.1) is 0 Å². The van der Waals surface area contributed by atoms with Crippen LogP contribution in [0.25, 0.3) is 0 Å². The van der Waals surface area contributed by atoms with Gasteiger partial charge in [-0.2, -0.15) is 0 Å². The lowest BCUT2D eigenvalue weighted by atomic mass is 10.0. The predicted octanol–water partition coefficient (Wildman–Crippen LogP) is 3.29. The van der Waals surface area contributed by atoms with Crippen molar-refractivity contribution < 1.29 is 9.53 Å². The maximum atomic E-state index is 12.4. The molecule has 2 aromatic rings. The van der Waals surface area contributed by atoms with Crippen LogP contribution in [0.1, 0.15) is 11.1 Å². The van der Waals surface area contributed by atoms with Gasteiger partial charge in [-0.15, -0.1) is 0 Å². The van der Waals surface area contributed by atoms with Crippen molar-refractivity contribution in [1.29, 1.82) is 0 Å². The number of benzene rings is 2. The third-order valence-corrected chi connectivity index (χ3v) is 3.77. The number of anilines is 1. The SMILES string of the molecule is COc1ccccc1NC(=O)N1CCc2ccccc2C1. The van der Waals surface area contributed by atoms with E-state index in [2.05, 4.69) is 17.4 Å². The van der Waals surface area contributed by atoms with E-state index in [1.807, 2.05) is 41.3 Å². The predicted molar refractivity (Wildman–Crippen MR) is 82.6 cm³/mol. The van der Waals surface area contributed by atoms with Crippen LogP contribution in [-0.2, 0) is 13.0 Å². The molecule has 0 saturated carbocycles. The molecule has 2 amide bonds. The summed E-state index contributed by atoms with van der Waals surface area (Å²) in [5.74, 6) is 0.670. The van der Waals surface area contributed by atoms with E-state index in [0.717, 1.165) is 13.0 Å². The highest BCUT2D eigenvalue weighted by Crippen LogP contribution is 2.24. The molecule has 0 fully saturated rings. The van der Waals surface area contributed by atoms with Crippen molar-refractivity contribution in [2.75, 3.05) is 19.0 Å². The molecule has 108 valence electrons. The Labute approximate surface area is 124 Å². The van der Waals surface area contributed by atoms with Gasteiger partial charge in [-0.1, -0.05) is 36.4 Å². The Morgan fingerprint density at radius 2 is 1.81 bits per heavy atom. The number of methoxy groups -OCH3 is 1. The number of carbonyl (C=O) groups is 1. The monoisotopic (exact) mass is 282 g/mol. The van der Waals surface area contributed by atoms with E-state index in [1.165, 1.54) is 11.1 Å². The molecule has 0 saturated heterocycles. The smallest absolute Gasteiger partial charge is 0.322 e. The molecule has 3 rings (SSSR count). The van der Waals surface area contributed by atoms with Gasteiger partial charge >= 0.3 is 6.03 Å². The summed E-state index contributed by atoms with van der Waals surface area (Å²) >= 11 is 0. The number of rotatable bonds is 2. The number of hydrogen-bond acceptors (Lipinski definition) is 2. The fraction of sp³-hybridized carbons (Fsp3) is 0.235. The zero-order valence-corrected chi connectivity index (χ0v) is 12.0. The number of urea groups is 1. The van der Waals surface area contributed by atoms with E-state index in [-0.39, 0.29) is 6.03 Å². The lowest BCUT2D eigenvalue weighted by Crippen LogP contribution is -2.38. The summed E-state index contributed by atoms with van der Waals surface area (Å²) in [4.78, 5) is 14.2. The van der Waals surface area contributed by atoms with Crippen LogP contribution in [0.4, 0.5) is 10.5 Å². The van der Waals surface area contributed by atoms with E-state index >= 15 is 0 Å². The van der Waals surface area contributed by atoms with Gasteiger partial charge in [0.15, 0.2) is 0 Å². The van der Waals surface area contributed by atoms with E-state index in [9.17, 15) is 4.79 Å². The van der Waals surface area contributed by atoms with Crippen LogP contribution in [0.3, 0.4) is 0 Å². The summed E-state index contributed by atoms with van der Waals surface area (Å²) in [6.07, 6.45) is 0.898. The number of carbonyl (C=O) groups excluding carboxylic acids is 1. The number of nitrogens with one attached hydrogen (secondary N) is 1. The molecule has 0 bridgehead atoms. The minimum atomic E-state index is -0.0889. The van der Waals surface area contributed by atoms with Crippen LogP contribution in [0.5, 0.6) is 5.75 Å². The maximum Gasteiger partial charge on any atom is 0.322 e. The van der Waals surface area contributed by atoms with E-state index in [0.29, 0.717) is 18.0 Å². The van der Waals surface area contributed by atoms with Crippen molar-refractivity contribution in [3.05, 3.63) is 59.7 Å². The van der Waals surface area contributed by atoms with Crippen LogP contribution < -0.4 is 10.1 Å². The first kappa shape index (κ1) is 13.5. The number of fused-ring (bicyclic) bond motifs is 1. The fourth-order valence-electron chi connectivity index (χ4n) is 2.61. The molecule has 1 aliphatic heterocycles. The van der Waals surface area contributed by atoms with Gasteiger partial charge in [-0.05, 0) is 29.7 Å². The van der Waals surface area contributed by atoms with E-state index in [4.69, 9.17) is 4.74 Å². The standard InChI is InChI=1S/C17H18N2O2/c1-21-16-9-5-4-8-15(16)18-17(20)19-11-10-13-6-2-3-7-14(13)12-19/h2-9H,10-12H2,1H3,(H,18,20). The second-order valence-corrected chi connectivity index (χ2v) is 5.07. The molecule has 21 heavy (non-hydrogen) atoms. The second-order valence-electron chi connectivity index (χ2n) is 5.07. The summed E-state index contributed by atoms with van der Waals surface area (Å²) in [5, 5.41) is 2.92. The van der Waals surface area contributed by atoms with Gasteiger partial charge in [0.2, 0.25) is 0 Å². The molecule has 0 spiro atoms. The molecule has 0 atom stereocenters. The van der Waals surface area contributed by atoms with Gasteiger partial charge < -0.3 is 15.0 Å². The minimum absolute atomic E-state index is 0.0889. The maximum absolute atomic E-state index is 12.4. The fourth-order valence-corrected chi connectivity index (χ4v) is 2.61. The summed E-state index contributed by atoms with van der Waals surface area (Å²) in [6.45, 7) is 1.38. The Bertz CT molecular complexity index is 655. The lowest BCUT2D eigenvalue weighted by Gasteiger charge is -2.29. The number of para-hydroxylation sites is 2. The zero-order valence-electron chi connectivity index (χ0n) is 12.0. The molecule has 4 heteroatoms. The topological polar surface area (TPSA) is 41.6 Å². The summed E-state index contributed by atoms with van der Waals surface area (Å²) in [7, 11) is 1.60. The van der Waals surface area contributed by atoms with E-state index < -0.39 is 0 Å². The normalized spacial score (nSPS) is 13.5. The lowest BCUT2D eigenvalue weighted by molar-refractivity contribution is 0.206. The molecule has 4 nitrogen and oxygen atoms in total. The van der Waals surface area contributed by atoms with Crippen LogP contribution >= 0.6 is 0 Å². The molecule has 0 radical (unpaired) electrons. The molecule has 1 aliphatic rings. The van der Waals surface area contributed by atoms with Gasteiger partial charge in [0.25, 0.3) is 0 Å². The van der Waals surface area contributed by atoms with Crippen molar-refractivity contribution in [3.8, 4) is 5.75 Å². The first-order valence-electron chi connectivity index (χ1n) is 7.03. The summed E-state index contributed by atoms with van der Waals surface area (Å²) < 4.78 is 5.26. The first-order chi connectivity index (χ1) is 10.3. The Hall–Kier alpha value is -2.49. The Kier molecular flexibility index (Phi) is 3.77. The number of nitrogens with zero attached hydrogens (tertiary/aromatic N) is 1. The molecule has 2 aromatic carbocycles. The molecular formula is C17H18N2O2. The number of amides is 2. The van der Waals surface area contributed by atoms with Crippen molar-refractivity contribution in [3.63, 3.8) is 0 Å². The van der Waals surface area contributed by atoms with Crippen molar-refractivity contribution >= 4 is 11.7 Å². The zero-order chi connectivity index (χ0) is 14.7. The third-order valence-electron chi connectivity index (χ3n) is 3.77. The molecule has 0 unspecified atom stereocenters. The van der Waals surface area contributed by atoms with Crippen LogP contribution in [0.2, 0.25) is 0 Å². The molecule has 1 heterocycles. The minimum Gasteiger partial charge on any atom is -0.495 e. The van der Waals surface area contributed by atoms with Crippen molar-refractivity contribution in [2.45, 2.75) is 13.0 Å². The Morgan fingerprint density at radius 1 is 1.10 bits per heavy atom. The largest absolute Gasteiger partial charge is 0.495 e. The number of ether oxygens (including phenoxy) is 1. The van der Waals surface area contributed by atoms with Gasteiger partial charge in [0, 0.05) is 13.1 Å². The molecule has 0 aliphatic carbocycles. The summed E-state index contributed by atoms with van der Waals surface area (Å²) in [6, 6.07) is 15.6. The molecule has 0 aromatic heterocycles. The van der Waals surface area contributed by atoms with Crippen molar-refractivity contribution in [1.82, 2.24) is 4.90 Å². The third kappa shape index (κ3) is 2.84. The second kappa shape index (κ2) is 5.87. The van der Waals surface area contributed by atoms with Crippen molar-refractivity contribution in [2.24, 2.45) is 0 Å². The van der Waals surface area contributed by atoms with Gasteiger partial charge in [-0.3, -0.25) is 0 Å². The van der Waals surface area contributed by atoms with E-state index in [1.54, 1.807) is 7.11 Å². The Balaban J connectivity index is 1.72. The highest BCUT2D eigenvalue weighted by molar-refractivity contribution is 5.91. The quantitative estimate of drug-likeness (QED) is 0.918. The molecular weight excluding hydrogens is 264 g/mol. The highest BCUT2D eigenvalue weighted by atomic mass is 16.5. The molecule has 1 N–H and O–H groups in total. The van der Waals surface area contributed by atoms with Gasteiger partial charge in [0.05, 0.1) is 12.8 Å². The van der Waals surface area contributed by atoms with Crippen LogP contribution in [0.15, 0.2) is 48.5 Å². The van der Waals surface area contributed by atoms with Gasteiger partial charge in [0.1, 0.15) is 5.75 Å². The highest BCUT2D eigenvalue weighted by Gasteiger charge is 2.20. The number of hydrogen-bond donors (Lipinski definition) is 1. The van der Waals surface area contributed by atoms with Crippen LogP contribution in [-0.4, -0.2) is 24.6 Å². The average Bonchev–Trinajstić information content (AvgIpc) is 2.55.